The van der Waals surface area contributed by atoms with Gasteiger partial charge in [-0.3, -0.25) is 0 Å². The van der Waals surface area contributed by atoms with Gasteiger partial charge in [0.15, 0.2) is 0 Å². The van der Waals surface area contributed by atoms with Crippen LogP contribution in [0.5, 0.6) is 0 Å². The molecule has 1 aliphatic rings. The van der Waals surface area contributed by atoms with Crippen LogP contribution in [0, 0.1) is 12.7 Å². The van der Waals surface area contributed by atoms with Crippen molar-refractivity contribution in [2.24, 2.45) is 0 Å². The van der Waals surface area contributed by atoms with Crippen molar-refractivity contribution in [1.82, 2.24) is 4.57 Å². The third kappa shape index (κ3) is 5.41. The maximum absolute atomic E-state index is 13.9. The van der Waals surface area contributed by atoms with E-state index in [1.54, 1.807) is 16.7 Å². The van der Waals surface area contributed by atoms with E-state index in [0.717, 1.165) is 39.8 Å². The number of anilines is 2. The third-order valence-corrected chi connectivity index (χ3v) is 6.09. The molecular formula is C30H28BFN2O. The normalized spacial score (nSPS) is 14.6. The average Bonchev–Trinajstić information content (AvgIpc) is 3.14. The molecule has 1 N–H and O–H groups in total. The van der Waals surface area contributed by atoms with E-state index < -0.39 is 0 Å². The van der Waals surface area contributed by atoms with E-state index in [1.807, 2.05) is 75.4 Å². The number of hydrogen-bond donors (Lipinski definition) is 1. The molecule has 3 aromatic rings. The topological polar surface area (TPSA) is 34.0 Å². The van der Waals surface area contributed by atoms with Gasteiger partial charge in [-0.15, -0.1) is 0 Å². The zero-order valence-electron chi connectivity index (χ0n) is 20.0. The van der Waals surface area contributed by atoms with Crippen molar-refractivity contribution in [3.63, 3.8) is 0 Å². The fourth-order valence-electron chi connectivity index (χ4n) is 4.29. The standard InChI is InChI=1S/C30H28BFN2O/c1-4-6-11-22(5-2)29(23-12-9-7-8-10-13-23)34-20-31-27-16-15-25(19-26(27)30(34)35)33-28-17-14-24(32)18-21(28)3/h4-9,11-20,29,33H,1,10H2,2-3H3/b11-6-,22-5+. The predicted octanol–water partition coefficient (Wildman–Crippen LogP) is 7.20. The summed E-state index contributed by atoms with van der Waals surface area (Å²) in [6, 6.07) is 10.1. The summed E-state index contributed by atoms with van der Waals surface area (Å²) in [4.78, 5) is 13.9. The summed E-state index contributed by atoms with van der Waals surface area (Å²) in [5.41, 5.74) is 4.34. The first-order valence-corrected chi connectivity index (χ1v) is 11.7. The molecule has 0 fully saturated rings. The number of allylic oxidation sites excluding steroid dienone is 11. The van der Waals surface area contributed by atoms with Gasteiger partial charge in [-0.1, -0.05) is 0 Å². The third-order valence-electron chi connectivity index (χ3n) is 6.09. The van der Waals surface area contributed by atoms with Gasteiger partial charge >= 0.3 is 206 Å². The van der Waals surface area contributed by atoms with Crippen molar-refractivity contribution >= 4 is 29.0 Å². The summed E-state index contributed by atoms with van der Waals surface area (Å²) in [6.07, 6.45) is 20.7. The second-order valence-corrected chi connectivity index (χ2v) is 8.43. The second kappa shape index (κ2) is 11.0. The first-order chi connectivity index (χ1) is 17.0. The molecule has 1 heterocycles. The van der Waals surface area contributed by atoms with Crippen LogP contribution < -0.4 is 10.9 Å². The number of nitrogens with zero attached hydrogens (tertiary/aromatic N) is 1. The van der Waals surface area contributed by atoms with Crippen LogP contribution in [0.25, 0.3) is 10.7 Å². The van der Waals surface area contributed by atoms with E-state index in [-0.39, 0.29) is 17.4 Å². The van der Waals surface area contributed by atoms with Gasteiger partial charge in [0.05, 0.1) is 0 Å². The molecule has 1 atom stereocenters. The van der Waals surface area contributed by atoms with Crippen molar-refractivity contribution in [3.05, 3.63) is 137 Å². The summed E-state index contributed by atoms with van der Waals surface area (Å²) in [7, 11) is 0. The number of benzene rings is 2. The van der Waals surface area contributed by atoms with E-state index >= 15 is 0 Å². The molecule has 3 nitrogen and oxygen atoms in total. The van der Waals surface area contributed by atoms with Gasteiger partial charge in [0.2, 0.25) is 0 Å². The SMILES string of the molecule is C=C/C=C\C(=C/C)C(C1=CCC=CC=C1)n1cbc2ccc(Nc3ccc(F)cc3C)cc2c1=O. The number of rotatable bonds is 7. The predicted molar refractivity (Wildman–Crippen MR) is 147 cm³/mol. The van der Waals surface area contributed by atoms with E-state index in [4.69, 9.17) is 0 Å². The molecule has 0 radical (unpaired) electrons. The molecule has 1 unspecified atom stereocenters. The Morgan fingerprint density at radius 2 is 2.09 bits per heavy atom. The molecular weight excluding hydrogens is 434 g/mol. The van der Waals surface area contributed by atoms with Gasteiger partial charge in [0.25, 0.3) is 0 Å². The van der Waals surface area contributed by atoms with Crippen LogP contribution in [0.4, 0.5) is 15.8 Å². The number of halogens is 1. The van der Waals surface area contributed by atoms with Crippen LogP contribution in [0.3, 0.4) is 0 Å². The molecule has 0 aliphatic heterocycles. The number of aromatic nitrogens is 1. The minimum atomic E-state index is -0.278. The van der Waals surface area contributed by atoms with Gasteiger partial charge in [0, 0.05) is 0 Å². The molecule has 1 aromatic heterocycles. The summed E-state index contributed by atoms with van der Waals surface area (Å²) in [6.45, 7) is 9.59. The van der Waals surface area contributed by atoms with E-state index in [2.05, 4.69) is 30.1 Å². The molecule has 4 rings (SSSR count). The molecule has 0 saturated carbocycles. The summed E-state index contributed by atoms with van der Waals surface area (Å²) in [5.74, 6) is -0.275. The van der Waals surface area contributed by atoms with E-state index in [9.17, 15) is 9.18 Å². The van der Waals surface area contributed by atoms with Gasteiger partial charge in [-0.05, 0) is 0 Å². The Bertz CT molecular complexity index is 1470. The average molecular weight is 462 g/mol. The Kier molecular flexibility index (Phi) is 7.56. The summed E-state index contributed by atoms with van der Waals surface area (Å²) in [5, 5.41) is 4.80. The molecule has 1 aliphatic carbocycles. The summed E-state index contributed by atoms with van der Waals surface area (Å²) >= 11 is 0. The number of hydrogen-bond acceptors (Lipinski definition) is 2. The van der Waals surface area contributed by atoms with E-state index in [1.165, 1.54) is 12.1 Å². The second-order valence-electron chi connectivity index (χ2n) is 8.43. The van der Waals surface area contributed by atoms with Crippen molar-refractivity contribution < 1.29 is 4.39 Å². The molecule has 0 amide bonds. The van der Waals surface area contributed by atoms with Gasteiger partial charge in [-0.25, -0.2) is 0 Å². The first kappa shape index (κ1) is 24.1. The zero-order chi connectivity index (χ0) is 24.8. The molecule has 0 saturated heterocycles. The molecule has 35 heavy (non-hydrogen) atoms. The molecule has 0 bridgehead atoms. The Morgan fingerprint density at radius 3 is 2.86 bits per heavy atom. The van der Waals surface area contributed by atoms with Crippen molar-refractivity contribution in [2.45, 2.75) is 26.3 Å². The van der Waals surface area contributed by atoms with Crippen LogP contribution in [0.1, 0.15) is 24.9 Å². The molecule has 0 spiro atoms. The van der Waals surface area contributed by atoms with Crippen LogP contribution in [0.2, 0.25) is 0 Å². The maximum atomic E-state index is 13.9. The molecule has 2 aromatic carbocycles. The van der Waals surface area contributed by atoms with Crippen molar-refractivity contribution in [3.8, 4) is 0 Å². The molecule has 5 heteroatoms. The van der Waals surface area contributed by atoms with Crippen LogP contribution in [-0.4, -0.2) is 11.5 Å². The van der Waals surface area contributed by atoms with Crippen molar-refractivity contribution in [2.75, 3.05) is 5.32 Å². The van der Waals surface area contributed by atoms with E-state index in [0.29, 0.717) is 5.39 Å². The Labute approximate surface area is 206 Å². The quantitative estimate of drug-likeness (QED) is 0.377. The monoisotopic (exact) mass is 462 g/mol. The summed E-state index contributed by atoms with van der Waals surface area (Å²) < 4.78 is 15.3. The first-order valence-electron chi connectivity index (χ1n) is 11.7. The Hall–Kier alpha value is -3.99. The number of fused-ring (bicyclic) bond motifs is 1. The van der Waals surface area contributed by atoms with Crippen LogP contribution in [0.15, 0.2) is 120 Å². The van der Waals surface area contributed by atoms with Crippen LogP contribution >= 0.6 is 0 Å². The fraction of sp³-hybridized carbons (Fsp3) is 0.133. The number of nitrogens with one attached hydrogen (secondary N) is 1. The zero-order valence-corrected chi connectivity index (χ0v) is 20.0. The molecule has 174 valence electrons. The number of aryl methyl sites for hydroxylation is 1. The van der Waals surface area contributed by atoms with Crippen LogP contribution in [-0.2, 0) is 0 Å². The Morgan fingerprint density at radius 1 is 1.23 bits per heavy atom. The fourth-order valence-corrected chi connectivity index (χ4v) is 4.29. The van der Waals surface area contributed by atoms with Gasteiger partial charge in [-0.2, -0.15) is 0 Å². The van der Waals surface area contributed by atoms with Gasteiger partial charge in [0.1, 0.15) is 0 Å². The Balaban J connectivity index is 1.83. The van der Waals surface area contributed by atoms with Crippen molar-refractivity contribution in [1.29, 1.82) is 0 Å². The minimum absolute atomic E-state index is 0.0789. The van der Waals surface area contributed by atoms with Gasteiger partial charge < -0.3 is 0 Å².